The van der Waals surface area contributed by atoms with Crippen LogP contribution in [0.2, 0.25) is 0 Å². The first kappa shape index (κ1) is 14.6. The van der Waals surface area contributed by atoms with E-state index in [0.717, 1.165) is 0 Å². The van der Waals surface area contributed by atoms with Gasteiger partial charge in [0.1, 0.15) is 0 Å². The quantitative estimate of drug-likeness (QED) is 0.685. The molecule has 0 amide bonds. The van der Waals surface area contributed by atoms with Crippen LogP contribution in [-0.2, 0) is 6.42 Å². The highest BCUT2D eigenvalue weighted by Gasteiger charge is 2.00. The van der Waals surface area contributed by atoms with E-state index in [9.17, 15) is 0 Å². The second-order valence-electron chi connectivity index (χ2n) is 2.98. The summed E-state index contributed by atoms with van der Waals surface area (Å²) in [5, 5.41) is 0. The first-order valence-corrected chi connectivity index (χ1v) is 9.77. The van der Waals surface area contributed by atoms with Crippen molar-refractivity contribution in [1.29, 1.82) is 0 Å². The minimum Gasteiger partial charge on any atom is -0.214 e. The highest BCUT2D eigenvalue weighted by molar-refractivity contribution is 7.54. The monoisotopic (exact) mass is 266 g/mol. The fourth-order valence-corrected chi connectivity index (χ4v) is 1.04. The lowest BCUT2D eigenvalue weighted by Crippen LogP contribution is -1.81. The SMILES string of the molecule is CCCc1ccc(C)cc1.[Cl][Al]([Cl])[Cl]. The van der Waals surface area contributed by atoms with E-state index < -0.39 is 11.4 Å². The van der Waals surface area contributed by atoms with Crippen LogP contribution in [0.3, 0.4) is 0 Å². The Bertz CT molecular complexity index is 231. The molecule has 14 heavy (non-hydrogen) atoms. The summed E-state index contributed by atoms with van der Waals surface area (Å²) in [7, 11) is 14.8. The Kier molecular flexibility index (Phi) is 9.29. The van der Waals surface area contributed by atoms with Crippen molar-refractivity contribution in [1.82, 2.24) is 0 Å². The van der Waals surface area contributed by atoms with Gasteiger partial charge in [0, 0.05) is 0 Å². The topological polar surface area (TPSA) is 0 Å². The molecule has 0 nitrogen and oxygen atoms in total. The van der Waals surface area contributed by atoms with Crippen LogP contribution in [0, 0.1) is 6.92 Å². The van der Waals surface area contributed by atoms with Gasteiger partial charge < -0.3 is 0 Å². The zero-order valence-corrected chi connectivity index (χ0v) is 11.9. The number of halogens is 3. The molecule has 0 saturated carbocycles. The van der Waals surface area contributed by atoms with Crippen molar-refractivity contribution in [3.63, 3.8) is 0 Å². The standard InChI is InChI=1S/C10H14.Al.3ClH/c1-3-4-10-7-5-9(2)6-8-10;;;;/h5-8H,3-4H2,1-2H3;;3*1H/q;+3;;;/p-3. The van der Waals surface area contributed by atoms with Crippen LogP contribution in [-0.4, -0.2) is 11.4 Å². The zero-order chi connectivity index (χ0) is 11.0. The van der Waals surface area contributed by atoms with E-state index in [1.54, 1.807) is 0 Å². The van der Waals surface area contributed by atoms with E-state index >= 15 is 0 Å². The van der Waals surface area contributed by atoms with Gasteiger partial charge in [-0.2, -0.15) is 0 Å². The van der Waals surface area contributed by atoms with Gasteiger partial charge in [-0.3, -0.25) is 0 Å². The molecule has 0 radical (unpaired) electrons. The molecule has 0 atom stereocenters. The summed E-state index contributed by atoms with van der Waals surface area (Å²) in [4.78, 5) is 0. The van der Waals surface area contributed by atoms with Gasteiger partial charge in [-0.25, -0.2) is 30.1 Å². The van der Waals surface area contributed by atoms with Crippen LogP contribution in [0.15, 0.2) is 24.3 Å². The van der Waals surface area contributed by atoms with Gasteiger partial charge in [0.15, 0.2) is 0 Å². The van der Waals surface area contributed by atoms with E-state index in [0.29, 0.717) is 0 Å². The van der Waals surface area contributed by atoms with Crippen LogP contribution in [0.5, 0.6) is 0 Å². The highest BCUT2D eigenvalue weighted by Crippen LogP contribution is 2.04. The summed E-state index contributed by atoms with van der Waals surface area (Å²) in [5.74, 6) is 0. The first-order valence-electron chi connectivity index (χ1n) is 4.54. The summed E-state index contributed by atoms with van der Waals surface area (Å²) in [6, 6.07) is 8.76. The Morgan fingerprint density at radius 2 is 1.50 bits per heavy atom. The third-order valence-corrected chi connectivity index (χ3v) is 1.66. The third kappa shape index (κ3) is 9.19. The molecule has 0 heterocycles. The predicted octanol–water partition coefficient (Wildman–Crippen LogP) is 4.64. The number of benzene rings is 1. The summed E-state index contributed by atoms with van der Waals surface area (Å²) in [6.45, 7) is 4.33. The van der Waals surface area contributed by atoms with E-state index in [-0.39, 0.29) is 0 Å². The van der Waals surface area contributed by atoms with Gasteiger partial charge in [-0.1, -0.05) is 43.2 Å². The molecule has 78 valence electrons. The summed E-state index contributed by atoms with van der Waals surface area (Å²) >= 11 is -1.72. The van der Waals surface area contributed by atoms with Crippen LogP contribution < -0.4 is 0 Å². The normalized spacial score (nSPS) is 8.93. The first-order chi connectivity index (χ1) is 6.56. The molecule has 0 aliphatic heterocycles. The lowest BCUT2D eigenvalue weighted by molar-refractivity contribution is 0.921. The Hall–Kier alpha value is 0.622. The number of hydrogen-bond donors (Lipinski definition) is 0. The average molecular weight is 268 g/mol. The third-order valence-electron chi connectivity index (χ3n) is 1.66. The lowest BCUT2D eigenvalue weighted by Gasteiger charge is -1.97. The molecular formula is C10H14AlCl3. The zero-order valence-electron chi connectivity index (χ0n) is 8.43. The Labute approximate surface area is 103 Å². The van der Waals surface area contributed by atoms with Crippen molar-refractivity contribution in [2.45, 2.75) is 26.7 Å². The molecule has 0 fully saturated rings. The lowest BCUT2D eigenvalue weighted by atomic mass is 10.1. The fraction of sp³-hybridized carbons (Fsp3) is 0.400. The van der Waals surface area contributed by atoms with E-state index in [4.69, 9.17) is 30.1 Å². The van der Waals surface area contributed by atoms with Gasteiger partial charge in [-0.15, -0.1) is 0 Å². The fourth-order valence-electron chi connectivity index (χ4n) is 1.04. The number of rotatable bonds is 2. The molecule has 1 rings (SSSR count). The second kappa shape index (κ2) is 8.89. The van der Waals surface area contributed by atoms with Gasteiger partial charge >= 0.3 is 11.4 Å². The minimum absolute atomic E-state index is 1.21. The Balaban J connectivity index is 0.000000364. The Morgan fingerprint density at radius 1 is 1.07 bits per heavy atom. The molecule has 0 aliphatic rings. The minimum atomic E-state index is -1.72. The van der Waals surface area contributed by atoms with Crippen molar-refractivity contribution in [2.75, 3.05) is 0 Å². The van der Waals surface area contributed by atoms with Crippen LogP contribution in [0.25, 0.3) is 0 Å². The summed E-state index contributed by atoms with van der Waals surface area (Å²) in [5.41, 5.74) is 2.80. The van der Waals surface area contributed by atoms with Crippen molar-refractivity contribution >= 4 is 41.5 Å². The molecule has 1 aromatic carbocycles. The van der Waals surface area contributed by atoms with Gasteiger partial charge in [0.25, 0.3) is 0 Å². The van der Waals surface area contributed by atoms with Gasteiger partial charge in [-0.05, 0) is 18.9 Å². The van der Waals surface area contributed by atoms with Crippen molar-refractivity contribution in [3.8, 4) is 0 Å². The average Bonchev–Trinajstić information content (AvgIpc) is 2.08. The molecule has 0 aromatic heterocycles. The molecule has 0 N–H and O–H groups in total. The van der Waals surface area contributed by atoms with Gasteiger partial charge in [0.05, 0.1) is 0 Å². The summed E-state index contributed by atoms with van der Waals surface area (Å²) < 4.78 is 0. The maximum Gasteiger partial charge on any atom is 0.643 e. The molecule has 0 aliphatic carbocycles. The molecule has 0 unspecified atom stereocenters. The van der Waals surface area contributed by atoms with Crippen molar-refractivity contribution in [2.24, 2.45) is 0 Å². The predicted molar refractivity (Wildman–Crippen MR) is 68.5 cm³/mol. The van der Waals surface area contributed by atoms with Crippen LogP contribution >= 0.6 is 30.1 Å². The molecule has 0 bridgehead atoms. The maximum atomic E-state index is 4.94. The molecule has 0 spiro atoms. The maximum absolute atomic E-state index is 4.94. The smallest absolute Gasteiger partial charge is 0.214 e. The molecule has 4 heteroatoms. The van der Waals surface area contributed by atoms with Gasteiger partial charge in [0.2, 0.25) is 0 Å². The van der Waals surface area contributed by atoms with E-state index in [1.165, 1.54) is 24.0 Å². The van der Waals surface area contributed by atoms with Crippen LogP contribution in [0.1, 0.15) is 24.5 Å². The largest absolute Gasteiger partial charge is 0.643 e. The summed E-state index contributed by atoms with van der Waals surface area (Å²) in [6.07, 6.45) is 2.45. The molecular weight excluding hydrogens is 253 g/mol. The second-order valence-corrected chi connectivity index (χ2v) is 9.42. The molecule has 1 aromatic rings. The molecule has 0 saturated heterocycles. The Morgan fingerprint density at radius 3 is 1.86 bits per heavy atom. The van der Waals surface area contributed by atoms with E-state index in [1.807, 2.05) is 0 Å². The van der Waals surface area contributed by atoms with E-state index in [2.05, 4.69) is 38.1 Å². The van der Waals surface area contributed by atoms with Crippen molar-refractivity contribution in [3.05, 3.63) is 35.4 Å². The number of hydrogen-bond acceptors (Lipinski definition) is 0. The highest BCUT2D eigenvalue weighted by atomic mass is 35.8. The number of aryl methyl sites for hydroxylation is 2. The van der Waals surface area contributed by atoms with Crippen molar-refractivity contribution < 1.29 is 0 Å². The van der Waals surface area contributed by atoms with Crippen LogP contribution in [0.4, 0.5) is 0 Å².